The first-order valence-electron chi connectivity index (χ1n) is 9.73. The maximum atomic E-state index is 13.9. The summed E-state index contributed by atoms with van der Waals surface area (Å²) in [6, 6.07) is 0. The van der Waals surface area contributed by atoms with Gasteiger partial charge in [0.05, 0.1) is 0 Å². The molecular formula is C20H35FN2. The van der Waals surface area contributed by atoms with Crippen LogP contribution in [0.3, 0.4) is 0 Å². The van der Waals surface area contributed by atoms with E-state index in [9.17, 15) is 4.39 Å². The van der Waals surface area contributed by atoms with E-state index in [4.69, 9.17) is 0 Å². The zero-order chi connectivity index (χ0) is 16.6. The fourth-order valence-electron chi connectivity index (χ4n) is 2.98. The fraction of sp³-hybridized carbons (Fsp3) is 0.800. The average molecular weight is 323 g/mol. The molecule has 1 aromatic rings. The highest BCUT2D eigenvalue weighted by Gasteiger charge is 2.09. The van der Waals surface area contributed by atoms with Gasteiger partial charge in [-0.15, -0.1) is 0 Å². The Bertz CT molecular complexity index is 356. The molecule has 132 valence electrons. The second-order valence-electron chi connectivity index (χ2n) is 6.67. The first-order chi connectivity index (χ1) is 11.3. The van der Waals surface area contributed by atoms with Crippen LogP contribution in [0.15, 0.2) is 18.7 Å². The number of aromatic nitrogens is 2. The number of hydrogen-bond donors (Lipinski definition) is 0. The first kappa shape index (κ1) is 20.1. The smallest absolute Gasteiger partial charge is 0.128 e. The van der Waals surface area contributed by atoms with Crippen molar-refractivity contribution < 1.29 is 4.39 Å². The highest BCUT2D eigenvalue weighted by molar-refractivity contribution is 5.06. The predicted molar refractivity (Wildman–Crippen MR) is 96.2 cm³/mol. The topological polar surface area (TPSA) is 25.8 Å². The van der Waals surface area contributed by atoms with E-state index < -0.39 is 6.17 Å². The Kier molecular flexibility index (Phi) is 12.7. The third kappa shape index (κ3) is 11.2. The molecule has 1 heterocycles. The number of alkyl halides is 1. The van der Waals surface area contributed by atoms with E-state index in [1.54, 1.807) is 12.4 Å². The molecule has 3 heteroatoms. The van der Waals surface area contributed by atoms with Gasteiger partial charge in [-0.25, -0.2) is 14.4 Å². The van der Waals surface area contributed by atoms with Gasteiger partial charge in [-0.05, 0) is 6.42 Å². The van der Waals surface area contributed by atoms with Crippen LogP contribution in [-0.4, -0.2) is 9.97 Å². The van der Waals surface area contributed by atoms with E-state index in [2.05, 4.69) is 16.9 Å². The summed E-state index contributed by atoms with van der Waals surface area (Å²) in [6.45, 7) is 2.27. The van der Waals surface area contributed by atoms with Crippen LogP contribution in [0.2, 0.25) is 0 Å². The average Bonchev–Trinajstić information content (AvgIpc) is 2.59. The highest BCUT2D eigenvalue weighted by Crippen LogP contribution is 2.22. The zero-order valence-corrected chi connectivity index (χ0v) is 15.0. The lowest BCUT2D eigenvalue weighted by Gasteiger charge is -2.07. The van der Waals surface area contributed by atoms with E-state index in [-0.39, 0.29) is 0 Å². The largest absolute Gasteiger partial charge is 0.244 e. The van der Waals surface area contributed by atoms with Gasteiger partial charge in [0.1, 0.15) is 12.5 Å². The Morgan fingerprint density at radius 1 is 0.739 bits per heavy atom. The van der Waals surface area contributed by atoms with E-state index in [0.29, 0.717) is 12.0 Å². The van der Waals surface area contributed by atoms with Gasteiger partial charge in [0.2, 0.25) is 0 Å². The molecule has 0 N–H and O–H groups in total. The molecule has 0 saturated carbocycles. The van der Waals surface area contributed by atoms with E-state index in [1.165, 1.54) is 77.0 Å². The van der Waals surface area contributed by atoms with Crippen LogP contribution < -0.4 is 0 Å². The van der Waals surface area contributed by atoms with Crippen LogP contribution >= 0.6 is 0 Å². The van der Waals surface area contributed by atoms with Gasteiger partial charge in [0.15, 0.2) is 0 Å². The summed E-state index contributed by atoms with van der Waals surface area (Å²) in [6.07, 6.45) is 21.5. The standard InChI is InChI=1S/C20H35FN2/c1-2-3-4-5-6-7-8-9-10-11-12-13-14-15-20(21)19-16-22-18-23-17-19/h16-18,20H,2-15H2,1H3. The van der Waals surface area contributed by atoms with Crippen molar-refractivity contribution in [3.8, 4) is 0 Å². The second-order valence-corrected chi connectivity index (χ2v) is 6.67. The van der Waals surface area contributed by atoms with Crippen molar-refractivity contribution in [2.75, 3.05) is 0 Å². The normalized spacial score (nSPS) is 12.4. The minimum Gasteiger partial charge on any atom is -0.244 e. The molecule has 0 aliphatic heterocycles. The highest BCUT2D eigenvalue weighted by atomic mass is 19.1. The SMILES string of the molecule is CCCCCCCCCCCCCCCC(F)c1cncnc1. The number of rotatable bonds is 15. The summed E-state index contributed by atoms with van der Waals surface area (Å²) in [5.41, 5.74) is 0.617. The lowest BCUT2D eigenvalue weighted by molar-refractivity contribution is 0.311. The van der Waals surface area contributed by atoms with Gasteiger partial charge >= 0.3 is 0 Å². The van der Waals surface area contributed by atoms with Crippen LogP contribution in [0.4, 0.5) is 4.39 Å². The Hall–Kier alpha value is -0.990. The molecule has 0 radical (unpaired) electrons. The molecule has 0 fully saturated rings. The Morgan fingerprint density at radius 3 is 1.65 bits per heavy atom. The molecule has 1 aromatic heterocycles. The lowest BCUT2D eigenvalue weighted by atomic mass is 10.0. The molecular weight excluding hydrogens is 287 g/mol. The van der Waals surface area contributed by atoms with Gasteiger partial charge in [-0.3, -0.25) is 0 Å². The van der Waals surface area contributed by atoms with Crippen LogP contribution in [0.5, 0.6) is 0 Å². The first-order valence-corrected chi connectivity index (χ1v) is 9.73. The molecule has 0 aliphatic carbocycles. The Labute approximate surface area is 142 Å². The molecule has 0 spiro atoms. The number of halogens is 1. The van der Waals surface area contributed by atoms with E-state index >= 15 is 0 Å². The molecule has 2 nitrogen and oxygen atoms in total. The molecule has 1 atom stereocenters. The number of nitrogens with zero attached hydrogens (tertiary/aromatic N) is 2. The van der Waals surface area contributed by atoms with E-state index in [0.717, 1.165) is 12.8 Å². The predicted octanol–water partition coefficient (Wildman–Crippen LogP) is 6.97. The van der Waals surface area contributed by atoms with Gasteiger partial charge in [0.25, 0.3) is 0 Å². The molecule has 0 aliphatic rings. The summed E-state index contributed by atoms with van der Waals surface area (Å²) in [5.74, 6) is 0. The fourth-order valence-corrected chi connectivity index (χ4v) is 2.98. The molecule has 0 aromatic carbocycles. The van der Waals surface area contributed by atoms with Gasteiger partial charge < -0.3 is 0 Å². The zero-order valence-electron chi connectivity index (χ0n) is 15.0. The van der Waals surface area contributed by atoms with Crippen LogP contribution in [0, 0.1) is 0 Å². The minimum absolute atomic E-state index is 0.602. The molecule has 23 heavy (non-hydrogen) atoms. The van der Waals surface area contributed by atoms with Crippen molar-refractivity contribution in [3.63, 3.8) is 0 Å². The van der Waals surface area contributed by atoms with Crippen LogP contribution in [0.25, 0.3) is 0 Å². The lowest BCUT2D eigenvalue weighted by Crippen LogP contribution is -1.94. The van der Waals surface area contributed by atoms with Crippen molar-refractivity contribution in [2.24, 2.45) is 0 Å². The van der Waals surface area contributed by atoms with Crippen molar-refractivity contribution in [1.82, 2.24) is 9.97 Å². The molecule has 0 saturated heterocycles. The van der Waals surface area contributed by atoms with Gasteiger partial charge in [-0.2, -0.15) is 0 Å². The maximum absolute atomic E-state index is 13.9. The van der Waals surface area contributed by atoms with Crippen molar-refractivity contribution >= 4 is 0 Å². The summed E-state index contributed by atoms with van der Waals surface area (Å²) in [7, 11) is 0. The van der Waals surface area contributed by atoms with Gasteiger partial charge in [0, 0.05) is 18.0 Å². The second kappa shape index (κ2) is 14.6. The summed E-state index contributed by atoms with van der Waals surface area (Å²) < 4.78 is 13.9. The summed E-state index contributed by atoms with van der Waals surface area (Å²) in [4.78, 5) is 7.74. The molecule has 1 rings (SSSR count). The summed E-state index contributed by atoms with van der Waals surface area (Å²) in [5, 5.41) is 0. The Balaban J connectivity index is 1.81. The third-order valence-corrected chi connectivity index (χ3v) is 4.50. The molecule has 1 unspecified atom stereocenters. The third-order valence-electron chi connectivity index (χ3n) is 4.50. The minimum atomic E-state index is -0.899. The molecule has 0 amide bonds. The molecule has 0 bridgehead atoms. The van der Waals surface area contributed by atoms with E-state index in [1.807, 2.05) is 0 Å². The van der Waals surface area contributed by atoms with Crippen LogP contribution in [0.1, 0.15) is 109 Å². The van der Waals surface area contributed by atoms with Crippen LogP contribution in [-0.2, 0) is 0 Å². The Morgan fingerprint density at radius 2 is 1.17 bits per heavy atom. The number of hydrogen-bond acceptors (Lipinski definition) is 2. The monoisotopic (exact) mass is 322 g/mol. The van der Waals surface area contributed by atoms with Gasteiger partial charge in [-0.1, -0.05) is 90.4 Å². The maximum Gasteiger partial charge on any atom is 0.128 e. The van der Waals surface area contributed by atoms with Crippen molar-refractivity contribution in [3.05, 3.63) is 24.3 Å². The summed E-state index contributed by atoms with van der Waals surface area (Å²) >= 11 is 0. The van der Waals surface area contributed by atoms with Crippen molar-refractivity contribution in [2.45, 2.75) is 103 Å². The number of unbranched alkanes of at least 4 members (excludes halogenated alkanes) is 12. The van der Waals surface area contributed by atoms with Crippen molar-refractivity contribution in [1.29, 1.82) is 0 Å². The quantitative estimate of drug-likeness (QED) is 0.326.